The van der Waals surface area contributed by atoms with Crippen LogP contribution >= 0.6 is 11.3 Å². The van der Waals surface area contributed by atoms with Gasteiger partial charge in [-0.05, 0) is 71.0 Å². The van der Waals surface area contributed by atoms with Gasteiger partial charge >= 0.3 is 6.09 Å². The SMILES string of the molecule is CC(C)n1nc2c(F)cc(N3CCN(C(=O)OC(C)(C)C)CC3)cc2c1N(C)c1nc(-c2ccc(F)cc2)c(C#N)s1. The van der Waals surface area contributed by atoms with Gasteiger partial charge in [-0.15, -0.1) is 0 Å². The van der Waals surface area contributed by atoms with Gasteiger partial charge in [-0.25, -0.2) is 23.2 Å². The lowest BCUT2D eigenvalue weighted by molar-refractivity contribution is 0.0240. The number of carbonyl (C=O) groups excluding carboxylic acids is 1. The lowest BCUT2D eigenvalue weighted by Crippen LogP contribution is -2.50. The molecule has 0 radical (unpaired) electrons. The van der Waals surface area contributed by atoms with Crippen molar-refractivity contribution in [2.24, 2.45) is 0 Å². The van der Waals surface area contributed by atoms with Crippen LogP contribution in [0.15, 0.2) is 36.4 Å². The van der Waals surface area contributed by atoms with E-state index in [4.69, 9.17) is 9.72 Å². The molecule has 2 aromatic heterocycles. The van der Waals surface area contributed by atoms with Gasteiger partial charge in [0, 0.05) is 55.9 Å². The molecule has 220 valence electrons. The van der Waals surface area contributed by atoms with Crippen molar-refractivity contribution in [1.82, 2.24) is 19.7 Å². The minimum Gasteiger partial charge on any atom is -0.444 e. The molecule has 1 amide bonds. The molecule has 1 aliphatic heterocycles. The second kappa shape index (κ2) is 11.2. The minimum absolute atomic E-state index is 0.0953. The number of nitrogens with zero attached hydrogens (tertiary/aromatic N) is 7. The monoisotopic (exact) mass is 593 g/mol. The first-order valence-electron chi connectivity index (χ1n) is 13.7. The number of hydrogen-bond donors (Lipinski definition) is 0. The summed E-state index contributed by atoms with van der Waals surface area (Å²) in [5.74, 6) is -0.187. The number of fused-ring (bicyclic) bond motifs is 1. The molecule has 0 aliphatic carbocycles. The highest BCUT2D eigenvalue weighted by Gasteiger charge is 2.28. The summed E-state index contributed by atoms with van der Waals surface area (Å²) in [5, 5.41) is 15.6. The quantitative estimate of drug-likeness (QED) is 0.254. The van der Waals surface area contributed by atoms with Gasteiger partial charge < -0.3 is 19.4 Å². The van der Waals surface area contributed by atoms with Crippen molar-refractivity contribution in [3.8, 4) is 17.3 Å². The van der Waals surface area contributed by atoms with Crippen LogP contribution in [0.3, 0.4) is 0 Å². The fourth-order valence-corrected chi connectivity index (χ4v) is 5.76. The zero-order chi connectivity index (χ0) is 30.3. The highest BCUT2D eigenvalue weighted by molar-refractivity contribution is 7.16. The van der Waals surface area contributed by atoms with Crippen LogP contribution in [0.2, 0.25) is 0 Å². The Balaban J connectivity index is 1.50. The Bertz CT molecular complexity index is 1660. The Hall–Kier alpha value is -4.24. The van der Waals surface area contributed by atoms with Crippen LogP contribution in [-0.2, 0) is 4.74 Å². The number of benzene rings is 2. The number of rotatable bonds is 5. The van der Waals surface area contributed by atoms with E-state index < -0.39 is 11.4 Å². The smallest absolute Gasteiger partial charge is 0.410 e. The third-order valence-corrected chi connectivity index (χ3v) is 7.98. The van der Waals surface area contributed by atoms with Crippen molar-refractivity contribution in [2.45, 2.75) is 46.3 Å². The van der Waals surface area contributed by atoms with Gasteiger partial charge in [0.15, 0.2) is 10.9 Å². The Labute approximate surface area is 247 Å². The molecular formula is C30H33F2N7O2S. The summed E-state index contributed by atoms with van der Waals surface area (Å²) < 4.78 is 36.4. The maximum absolute atomic E-state index is 15.6. The maximum atomic E-state index is 15.6. The van der Waals surface area contributed by atoms with Crippen molar-refractivity contribution >= 4 is 45.0 Å². The highest BCUT2D eigenvalue weighted by Crippen LogP contribution is 2.40. The molecule has 12 heteroatoms. The predicted octanol–water partition coefficient (Wildman–Crippen LogP) is 6.72. The number of hydrogen-bond acceptors (Lipinski definition) is 8. The summed E-state index contributed by atoms with van der Waals surface area (Å²) >= 11 is 1.20. The van der Waals surface area contributed by atoms with Crippen LogP contribution < -0.4 is 9.80 Å². The van der Waals surface area contributed by atoms with Gasteiger partial charge in [0.1, 0.15) is 39.4 Å². The van der Waals surface area contributed by atoms with Crippen molar-refractivity contribution in [3.05, 3.63) is 52.9 Å². The molecule has 2 aromatic carbocycles. The van der Waals surface area contributed by atoms with Gasteiger partial charge in [0.05, 0.1) is 0 Å². The van der Waals surface area contributed by atoms with E-state index in [1.807, 2.05) is 57.5 Å². The molecule has 0 N–H and O–H groups in total. The molecule has 9 nitrogen and oxygen atoms in total. The van der Waals surface area contributed by atoms with Gasteiger partial charge in [-0.3, -0.25) is 0 Å². The third kappa shape index (κ3) is 5.74. The van der Waals surface area contributed by atoms with Crippen LogP contribution in [-0.4, -0.2) is 64.6 Å². The molecule has 0 unspecified atom stereocenters. The molecule has 1 fully saturated rings. The van der Waals surface area contributed by atoms with E-state index in [0.717, 1.165) is 0 Å². The molecule has 0 atom stereocenters. The van der Waals surface area contributed by atoms with E-state index in [-0.39, 0.29) is 23.5 Å². The van der Waals surface area contributed by atoms with E-state index in [2.05, 4.69) is 11.2 Å². The zero-order valence-electron chi connectivity index (χ0n) is 24.5. The summed E-state index contributed by atoms with van der Waals surface area (Å²) in [4.78, 5) is 23.2. The molecule has 4 aromatic rings. The van der Waals surface area contributed by atoms with Crippen molar-refractivity contribution in [1.29, 1.82) is 5.26 Å². The lowest BCUT2D eigenvalue weighted by atomic mass is 10.1. The topological polar surface area (TPSA) is 90.5 Å². The summed E-state index contributed by atoms with van der Waals surface area (Å²) in [6, 6.07) is 11.3. The van der Waals surface area contributed by atoms with E-state index in [9.17, 15) is 14.4 Å². The Morgan fingerprint density at radius 2 is 1.79 bits per heavy atom. The van der Waals surface area contributed by atoms with Crippen LogP contribution in [0.5, 0.6) is 0 Å². The number of anilines is 3. The number of ether oxygens (including phenoxy) is 1. The molecule has 1 aliphatic rings. The predicted molar refractivity (Wildman–Crippen MR) is 160 cm³/mol. The third-order valence-electron chi connectivity index (χ3n) is 6.94. The summed E-state index contributed by atoms with van der Waals surface area (Å²) in [7, 11) is 1.81. The number of amides is 1. The molecule has 0 bridgehead atoms. The summed E-state index contributed by atoms with van der Waals surface area (Å²) in [5.41, 5.74) is 1.43. The number of thiazole rings is 1. The second-order valence-corrected chi connectivity index (χ2v) is 12.5. The summed E-state index contributed by atoms with van der Waals surface area (Å²) in [6.07, 6.45) is -0.355. The van der Waals surface area contributed by atoms with E-state index in [0.29, 0.717) is 64.3 Å². The number of carbonyl (C=O) groups is 1. The average molecular weight is 594 g/mol. The first-order valence-corrected chi connectivity index (χ1v) is 14.5. The van der Waals surface area contributed by atoms with Gasteiger partial charge in [-0.1, -0.05) is 11.3 Å². The van der Waals surface area contributed by atoms with E-state index in [1.165, 1.54) is 29.5 Å². The fraction of sp³-hybridized carbons (Fsp3) is 0.400. The number of aromatic nitrogens is 3. The van der Waals surface area contributed by atoms with Gasteiger partial charge in [-0.2, -0.15) is 10.4 Å². The number of piperazine rings is 1. The number of nitriles is 1. The molecule has 3 heterocycles. The van der Waals surface area contributed by atoms with Gasteiger partial charge in [0.25, 0.3) is 0 Å². The summed E-state index contributed by atoms with van der Waals surface area (Å²) in [6.45, 7) is 11.4. The Morgan fingerprint density at radius 1 is 1.12 bits per heavy atom. The Kier molecular flexibility index (Phi) is 7.81. The maximum Gasteiger partial charge on any atom is 0.410 e. The van der Waals surface area contributed by atoms with E-state index >= 15 is 4.39 Å². The minimum atomic E-state index is -0.577. The molecule has 0 saturated carbocycles. The number of halogens is 2. The van der Waals surface area contributed by atoms with Crippen LogP contribution in [0, 0.1) is 23.0 Å². The first kappa shape index (κ1) is 29.3. The van der Waals surface area contributed by atoms with Crippen LogP contribution in [0.1, 0.15) is 45.5 Å². The second-order valence-electron chi connectivity index (χ2n) is 11.5. The van der Waals surface area contributed by atoms with Gasteiger partial charge in [0.2, 0.25) is 0 Å². The first-order chi connectivity index (χ1) is 19.9. The molecule has 1 saturated heterocycles. The van der Waals surface area contributed by atoms with Crippen molar-refractivity contribution in [2.75, 3.05) is 43.0 Å². The Morgan fingerprint density at radius 3 is 2.38 bits per heavy atom. The van der Waals surface area contributed by atoms with Crippen LogP contribution in [0.4, 0.5) is 30.2 Å². The average Bonchev–Trinajstić information content (AvgIpc) is 3.55. The molecule has 0 spiro atoms. The normalized spacial score (nSPS) is 14.0. The molecule has 5 rings (SSSR count). The highest BCUT2D eigenvalue weighted by atomic mass is 32.1. The molecular weight excluding hydrogens is 560 g/mol. The van der Waals surface area contributed by atoms with Crippen molar-refractivity contribution < 1.29 is 18.3 Å². The molecule has 42 heavy (non-hydrogen) atoms. The van der Waals surface area contributed by atoms with Crippen LogP contribution in [0.25, 0.3) is 22.2 Å². The van der Waals surface area contributed by atoms with Crippen molar-refractivity contribution in [3.63, 3.8) is 0 Å². The lowest BCUT2D eigenvalue weighted by Gasteiger charge is -2.36. The van der Waals surface area contributed by atoms with E-state index in [1.54, 1.807) is 21.7 Å². The largest absolute Gasteiger partial charge is 0.444 e. The zero-order valence-corrected chi connectivity index (χ0v) is 25.3. The fourth-order valence-electron chi connectivity index (χ4n) is 4.91. The standard InChI is InChI=1S/C30H33F2N7O2S/c1-18(2)39-27(36(6)28-34-25(24(17-33)42-28)19-7-9-20(31)10-8-19)22-15-21(16-23(32)26(22)35-39)37-11-13-38(14-12-37)29(40)41-30(3,4)5/h7-10,15-16,18H,11-14H2,1-6H3.